The molecule has 1 saturated heterocycles. The molecule has 0 radical (unpaired) electrons. The smallest absolute Gasteiger partial charge is 0.163 e. The van der Waals surface area contributed by atoms with Gasteiger partial charge in [-0.3, -0.25) is 9.55 Å². The van der Waals surface area contributed by atoms with Gasteiger partial charge in [0, 0.05) is 42.3 Å². The van der Waals surface area contributed by atoms with Crippen molar-refractivity contribution >= 4 is 39.2 Å². The Morgan fingerprint density at radius 3 is 2.67 bits per heavy atom. The van der Waals surface area contributed by atoms with Gasteiger partial charge in [-0.1, -0.05) is 37.6 Å². The van der Waals surface area contributed by atoms with Crippen LogP contribution in [0.25, 0.3) is 39.0 Å². The number of aromatic amines is 1. The van der Waals surface area contributed by atoms with Crippen LogP contribution in [0.4, 0.5) is 5.69 Å². The Kier molecular flexibility index (Phi) is 5.85. The number of aromatic nitrogens is 6. The Hall–Kier alpha value is -3.49. The van der Waals surface area contributed by atoms with Crippen LogP contribution >= 0.6 is 11.6 Å². The van der Waals surface area contributed by atoms with Crippen LogP contribution < -0.4 is 4.90 Å². The molecule has 36 heavy (non-hydrogen) atoms. The molecule has 184 valence electrons. The van der Waals surface area contributed by atoms with Crippen LogP contribution in [0.3, 0.4) is 0 Å². The van der Waals surface area contributed by atoms with Crippen molar-refractivity contribution in [2.24, 2.45) is 5.92 Å². The van der Waals surface area contributed by atoms with Gasteiger partial charge in [0.05, 0.1) is 35.0 Å². The number of nitrogens with one attached hydrogen (secondary N) is 1. The number of H-pyrrole nitrogens is 1. The SMILES string of the molecule is Cc1nnc(-c2cc(N3CCOCC3)cc3c2nc(CC(C)C)n3-c2ccnc3c(Cl)cccc23)[nH]1. The molecule has 1 aliphatic heterocycles. The maximum Gasteiger partial charge on any atom is 0.163 e. The zero-order valence-electron chi connectivity index (χ0n) is 20.6. The molecule has 0 bridgehead atoms. The van der Waals surface area contributed by atoms with Crippen molar-refractivity contribution in [1.29, 1.82) is 0 Å². The molecule has 1 aliphatic rings. The number of hydrogen-bond donors (Lipinski definition) is 1. The number of pyridine rings is 1. The van der Waals surface area contributed by atoms with Gasteiger partial charge >= 0.3 is 0 Å². The van der Waals surface area contributed by atoms with Gasteiger partial charge in [-0.15, -0.1) is 10.2 Å². The Morgan fingerprint density at radius 2 is 1.92 bits per heavy atom. The first-order chi connectivity index (χ1) is 17.5. The van der Waals surface area contributed by atoms with Crippen molar-refractivity contribution in [1.82, 2.24) is 29.7 Å². The lowest BCUT2D eigenvalue weighted by Gasteiger charge is -2.29. The van der Waals surface area contributed by atoms with Crippen LogP contribution in [0, 0.1) is 12.8 Å². The number of halogens is 1. The molecule has 1 N–H and O–H groups in total. The number of morpholine rings is 1. The van der Waals surface area contributed by atoms with Gasteiger partial charge in [0.2, 0.25) is 0 Å². The van der Waals surface area contributed by atoms with Crippen LogP contribution in [0.2, 0.25) is 5.02 Å². The fourth-order valence-corrected chi connectivity index (χ4v) is 5.18. The van der Waals surface area contributed by atoms with Crippen molar-refractivity contribution in [3.63, 3.8) is 0 Å². The average molecular weight is 502 g/mol. The average Bonchev–Trinajstić information content (AvgIpc) is 3.46. The quantitative estimate of drug-likeness (QED) is 0.349. The van der Waals surface area contributed by atoms with E-state index in [2.05, 4.69) is 61.7 Å². The number of rotatable bonds is 5. The highest BCUT2D eigenvalue weighted by Gasteiger charge is 2.23. The van der Waals surface area contributed by atoms with Crippen molar-refractivity contribution in [3.05, 3.63) is 59.3 Å². The molecule has 2 aromatic carbocycles. The Bertz CT molecular complexity index is 1570. The van der Waals surface area contributed by atoms with Crippen molar-refractivity contribution in [2.45, 2.75) is 27.2 Å². The summed E-state index contributed by atoms with van der Waals surface area (Å²) >= 11 is 6.54. The van der Waals surface area contributed by atoms with Crippen LogP contribution in [-0.2, 0) is 11.2 Å². The molecule has 5 aromatic rings. The first-order valence-corrected chi connectivity index (χ1v) is 12.7. The van der Waals surface area contributed by atoms with Crippen molar-refractivity contribution in [3.8, 4) is 17.1 Å². The van der Waals surface area contributed by atoms with E-state index in [4.69, 9.17) is 21.3 Å². The minimum absolute atomic E-state index is 0.423. The summed E-state index contributed by atoms with van der Waals surface area (Å²) < 4.78 is 7.89. The molecule has 6 rings (SSSR count). The van der Waals surface area contributed by atoms with E-state index in [-0.39, 0.29) is 0 Å². The fraction of sp³-hybridized carbons (Fsp3) is 0.333. The predicted octanol–water partition coefficient (Wildman–Crippen LogP) is 5.36. The maximum absolute atomic E-state index is 6.54. The molecule has 0 aliphatic carbocycles. The summed E-state index contributed by atoms with van der Waals surface area (Å²) in [5, 5.41) is 10.3. The molecule has 3 aromatic heterocycles. The minimum Gasteiger partial charge on any atom is -0.378 e. The fourth-order valence-electron chi connectivity index (χ4n) is 4.95. The number of fused-ring (bicyclic) bond motifs is 2. The molecule has 0 amide bonds. The van der Waals surface area contributed by atoms with E-state index in [9.17, 15) is 0 Å². The van der Waals surface area contributed by atoms with Gasteiger partial charge in [-0.05, 0) is 37.1 Å². The van der Waals surface area contributed by atoms with E-state index in [1.54, 1.807) is 0 Å². The molecule has 8 nitrogen and oxygen atoms in total. The Labute approximate surface area is 214 Å². The lowest BCUT2D eigenvalue weighted by atomic mass is 10.1. The zero-order valence-corrected chi connectivity index (χ0v) is 21.4. The van der Waals surface area contributed by atoms with Crippen molar-refractivity contribution in [2.75, 3.05) is 31.2 Å². The summed E-state index contributed by atoms with van der Waals surface area (Å²) in [6.45, 7) is 9.42. The molecule has 0 atom stereocenters. The van der Waals surface area contributed by atoms with Crippen LogP contribution in [-0.4, -0.2) is 56.0 Å². The topological polar surface area (TPSA) is 84.8 Å². The molecular formula is C27H28ClN7O. The number of para-hydroxylation sites is 1. The number of ether oxygens (including phenoxy) is 1. The first-order valence-electron chi connectivity index (χ1n) is 12.3. The second-order valence-corrected chi connectivity index (χ2v) is 10.1. The van der Waals surface area contributed by atoms with Crippen LogP contribution in [0.1, 0.15) is 25.5 Å². The van der Waals surface area contributed by atoms with E-state index >= 15 is 0 Å². The van der Waals surface area contributed by atoms with E-state index in [0.29, 0.717) is 24.2 Å². The van der Waals surface area contributed by atoms with Gasteiger partial charge in [0.15, 0.2) is 5.82 Å². The molecule has 0 unspecified atom stereocenters. The van der Waals surface area contributed by atoms with E-state index in [1.807, 2.05) is 31.3 Å². The standard InChI is InChI=1S/C27H28ClN7O/c1-16(2)13-24-31-26-20(27-30-17(3)32-33-27)14-18(34-9-11-36-12-10-34)15-23(26)35(24)22-7-8-29-25-19(22)5-4-6-21(25)28/h4-8,14-16H,9-13H2,1-3H3,(H,30,32,33). The molecular weight excluding hydrogens is 474 g/mol. The molecule has 1 fully saturated rings. The lowest BCUT2D eigenvalue weighted by molar-refractivity contribution is 0.122. The van der Waals surface area contributed by atoms with E-state index in [0.717, 1.165) is 75.9 Å². The lowest BCUT2D eigenvalue weighted by Crippen LogP contribution is -2.36. The number of anilines is 1. The highest BCUT2D eigenvalue weighted by molar-refractivity contribution is 6.35. The number of hydrogen-bond acceptors (Lipinski definition) is 6. The normalized spacial score (nSPS) is 14.4. The third kappa shape index (κ3) is 4.00. The summed E-state index contributed by atoms with van der Waals surface area (Å²) in [7, 11) is 0. The Morgan fingerprint density at radius 1 is 1.08 bits per heavy atom. The first kappa shape index (κ1) is 22.9. The summed E-state index contributed by atoms with van der Waals surface area (Å²) in [6, 6.07) is 12.4. The van der Waals surface area contributed by atoms with Gasteiger partial charge in [-0.25, -0.2) is 4.98 Å². The number of aryl methyl sites for hydroxylation is 1. The number of benzene rings is 2. The summed E-state index contributed by atoms with van der Waals surface area (Å²) in [5.41, 5.74) is 5.76. The van der Waals surface area contributed by atoms with Gasteiger partial charge < -0.3 is 14.6 Å². The van der Waals surface area contributed by atoms with Gasteiger partial charge in [0.25, 0.3) is 0 Å². The number of imidazole rings is 1. The Balaban J connectivity index is 1.69. The third-order valence-electron chi connectivity index (χ3n) is 6.58. The summed E-state index contributed by atoms with van der Waals surface area (Å²) in [4.78, 5) is 15.5. The van der Waals surface area contributed by atoms with E-state index < -0.39 is 0 Å². The minimum atomic E-state index is 0.423. The van der Waals surface area contributed by atoms with Crippen LogP contribution in [0.5, 0.6) is 0 Å². The molecule has 9 heteroatoms. The van der Waals surface area contributed by atoms with E-state index in [1.165, 1.54) is 0 Å². The highest BCUT2D eigenvalue weighted by atomic mass is 35.5. The summed E-state index contributed by atoms with van der Waals surface area (Å²) in [5.74, 6) is 2.90. The number of nitrogens with zero attached hydrogens (tertiary/aromatic N) is 6. The highest BCUT2D eigenvalue weighted by Crippen LogP contribution is 2.36. The van der Waals surface area contributed by atoms with Gasteiger partial charge in [0.1, 0.15) is 17.2 Å². The third-order valence-corrected chi connectivity index (χ3v) is 6.88. The second-order valence-electron chi connectivity index (χ2n) is 9.65. The van der Waals surface area contributed by atoms with Crippen molar-refractivity contribution < 1.29 is 4.74 Å². The monoisotopic (exact) mass is 501 g/mol. The zero-order chi connectivity index (χ0) is 24.8. The predicted molar refractivity (Wildman–Crippen MR) is 143 cm³/mol. The molecule has 0 saturated carbocycles. The largest absolute Gasteiger partial charge is 0.378 e. The maximum atomic E-state index is 6.54. The second kappa shape index (κ2) is 9.19. The summed E-state index contributed by atoms with van der Waals surface area (Å²) in [6.07, 6.45) is 2.64. The van der Waals surface area contributed by atoms with Gasteiger partial charge in [-0.2, -0.15) is 0 Å². The molecule has 0 spiro atoms. The molecule has 4 heterocycles. The van der Waals surface area contributed by atoms with Crippen LogP contribution in [0.15, 0.2) is 42.6 Å².